The fourth-order valence-corrected chi connectivity index (χ4v) is 5.27. The maximum Gasteiger partial charge on any atom is 0.341 e. The van der Waals surface area contributed by atoms with Crippen molar-refractivity contribution >= 4 is 51.1 Å². The molecule has 2 aliphatic rings. The predicted octanol–water partition coefficient (Wildman–Crippen LogP) is 1.94. The highest BCUT2D eigenvalue weighted by atomic mass is 32.2. The first-order valence-electron chi connectivity index (χ1n) is 7.96. The van der Waals surface area contributed by atoms with Gasteiger partial charge < -0.3 is 15.8 Å². The fraction of sp³-hybridized carbons (Fsp3) is 0.500. The second-order valence-electron chi connectivity index (χ2n) is 6.19. The van der Waals surface area contributed by atoms with Gasteiger partial charge in [0.1, 0.15) is 10.3 Å². The largest absolute Gasteiger partial charge is 0.465 e. The molecular weight excluding hydrogens is 362 g/mol. The molecule has 7 nitrogen and oxygen atoms in total. The minimum Gasteiger partial charge on any atom is -0.465 e. The summed E-state index contributed by atoms with van der Waals surface area (Å²) in [5, 5.41) is 2.86. The van der Waals surface area contributed by atoms with Gasteiger partial charge in [-0.1, -0.05) is 18.7 Å². The Morgan fingerprint density at radius 2 is 2.20 bits per heavy atom. The Labute approximate surface area is 153 Å². The first kappa shape index (κ1) is 17.9. The molecule has 25 heavy (non-hydrogen) atoms. The number of nitrogens with two attached hydrogens (primary N) is 1. The molecule has 0 bridgehead atoms. The number of thioether (sulfide) groups is 1. The number of carbonyl (C=O) groups excluding carboxylic acids is 3. The predicted molar refractivity (Wildman–Crippen MR) is 98.1 cm³/mol. The lowest BCUT2D eigenvalue weighted by Crippen LogP contribution is -2.22. The zero-order valence-corrected chi connectivity index (χ0v) is 15.6. The zero-order chi connectivity index (χ0) is 18.1. The smallest absolute Gasteiger partial charge is 0.341 e. The van der Waals surface area contributed by atoms with Gasteiger partial charge in [0.15, 0.2) is 5.17 Å². The Balaban J connectivity index is 1.78. The molecule has 0 saturated heterocycles. The molecule has 3 rings (SSSR count). The van der Waals surface area contributed by atoms with E-state index in [1.165, 1.54) is 18.4 Å². The maximum absolute atomic E-state index is 12.3. The molecule has 2 amide bonds. The number of hydrogen-bond donors (Lipinski definition) is 2. The van der Waals surface area contributed by atoms with Crippen LogP contribution < -0.4 is 11.1 Å². The summed E-state index contributed by atoms with van der Waals surface area (Å²) in [6.45, 7) is 2.17. The van der Waals surface area contributed by atoms with E-state index >= 15 is 0 Å². The van der Waals surface area contributed by atoms with Gasteiger partial charge in [0.05, 0.1) is 12.7 Å². The second kappa shape index (κ2) is 7.17. The van der Waals surface area contributed by atoms with Crippen LogP contribution in [0, 0.1) is 5.92 Å². The average molecular weight is 381 g/mol. The molecule has 3 N–H and O–H groups in total. The Morgan fingerprint density at radius 3 is 2.84 bits per heavy atom. The van der Waals surface area contributed by atoms with E-state index in [0.717, 1.165) is 41.5 Å². The highest BCUT2D eigenvalue weighted by Crippen LogP contribution is 2.40. The number of aliphatic imine (C=N–C) groups is 1. The molecule has 0 saturated carbocycles. The lowest BCUT2D eigenvalue weighted by atomic mass is 9.88. The van der Waals surface area contributed by atoms with E-state index in [9.17, 15) is 14.4 Å². The molecule has 2 heterocycles. The van der Waals surface area contributed by atoms with Crippen LogP contribution in [-0.2, 0) is 27.2 Å². The van der Waals surface area contributed by atoms with E-state index in [0.29, 0.717) is 16.5 Å². The van der Waals surface area contributed by atoms with Crippen LogP contribution in [0.25, 0.3) is 0 Å². The van der Waals surface area contributed by atoms with Crippen molar-refractivity contribution in [2.24, 2.45) is 16.6 Å². The molecule has 1 aliphatic heterocycles. The molecule has 0 spiro atoms. The van der Waals surface area contributed by atoms with Crippen LogP contribution in [0.4, 0.5) is 5.00 Å². The SMILES string of the molecule is COC(=O)c1c(NC(=O)CC2SC(N)=NC2=O)sc2c1CCC(C)C2. The van der Waals surface area contributed by atoms with Crippen LogP contribution in [0.2, 0.25) is 0 Å². The quantitative estimate of drug-likeness (QED) is 0.771. The molecule has 0 fully saturated rings. The summed E-state index contributed by atoms with van der Waals surface area (Å²) in [5.74, 6) is -0.633. The van der Waals surface area contributed by atoms with E-state index in [2.05, 4.69) is 17.2 Å². The van der Waals surface area contributed by atoms with Crippen molar-refractivity contribution in [1.82, 2.24) is 0 Å². The number of rotatable bonds is 4. The van der Waals surface area contributed by atoms with Gasteiger partial charge in [0, 0.05) is 11.3 Å². The highest BCUT2D eigenvalue weighted by molar-refractivity contribution is 8.15. The number of ether oxygens (including phenoxy) is 1. The average Bonchev–Trinajstić information content (AvgIpc) is 3.05. The molecule has 9 heteroatoms. The lowest BCUT2D eigenvalue weighted by Gasteiger charge is -2.18. The van der Waals surface area contributed by atoms with Crippen molar-refractivity contribution < 1.29 is 19.1 Å². The molecular formula is C16H19N3O4S2. The molecule has 0 radical (unpaired) electrons. The van der Waals surface area contributed by atoms with Crippen LogP contribution in [0.1, 0.15) is 40.6 Å². The van der Waals surface area contributed by atoms with Crippen LogP contribution in [0.3, 0.4) is 0 Å². The first-order valence-corrected chi connectivity index (χ1v) is 9.66. The number of thiophene rings is 1. The number of anilines is 1. The van der Waals surface area contributed by atoms with E-state index in [1.807, 2.05) is 0 Å². The van der Waals surface area contributed by atoms with Gasteiger partial charge in [0.25, 0.3) is 5.91 Å². The van der Waals surface area contributed by atoms with Crippen LogP contribution in [0.5, 0.6) is 0 Å². The third-order valence-electron chi connectivity index (χ3n) is 4.28. The minimum absolute atomic E-state index is 0.0344. The summed E-state index contributed by atoms with van der Waals surface area (Å²) in [6.07, 6.45) is 2.66. The molecule has 1 aromatic rings. The van der Waals surface area contributed by atoms with Crippen LogP contribution in [0.15, 0.2) is 4.99 Å². The normalized spacial score (nSPS) is 22.3. The molecule has 0 aromatic carbocycles. The third-order valence-corrected chi connectivity index (χ3v) is 6.44. The second-order valence-corrected chi connectivity index (χ2v) is 8.52. The first-order chi connectivity index (χ1) is 11.9. The fourth-order valence-electron chi connectivity index (χ4n) is 3.03. The maximum atomic E-state index is 12.3. The van der Waals surface area contributed by atoms with Gasteiger partial charge in [-0.25, -0.2) is 4.79 Å². The summed E-state index contributed by atoms with van der Waals surface area (Å²) in [5.41, 5.74) is 6.93. The zero-order valence-electron chi connectivity index (χ0n) is 14.0. The molecule has 1 aromatic heterocycles. The van der Waals surface area contributed by atoms with Crippen molar-refractivity contribution in [2.75, 3.05) is 12.4 Å². The Kier molecular flexibility index (Phi) is 5.14. The van der Waals surface area contributed by atoms with E-state index in [1.54, 1.807) is 0 Å². The number of carbonyl (C=O) groups is 3. The number of nitrogens with zero attached hydrogens (tertiary/aromatic N) is 1. The highest BCUT2D eigenvalue weighted by Gasteiger charge is 2.32. The van der Waals surface area contributed by atoms with Crippen LogP contribution >= 0.6 is 23.1 Å². The van der Waals surface area contributed by atoms with E-state index in [4.69, 9.17) is 10.5 Å². The number of esters is 1. The summed E-state index contributed by atoms with van der Waals surface area (Å²) in [7, 11) is 1.33. The van der Waals surface area contributed by atoms with Gasteiger partial charge in [0.2, 0.25) is 5.91 Å². The topological polar surface area (TPSA) is 111 Å². The molecule has 134 valence electrons. The van der Waals surface area contributed by atoms with Gasteiger partial charge in [-0.3, -0.25) is 9.59 Å². The van der Waals surface area contributed by atoms with Crippen molar-refractivity contribution in [2.45, 2.75) is 37.9 Å². The summed E-state index contributed by atoms with van der Waals surface area (Å²) in [6, 6.07) is 0. The summed E-state index contributed by atoms with van der Waals surface area (Å²) < 4.78 is 4.90. The lowest BCUT2D eigenvalue weighted by molar-refractivity contribution is -0.121. The summed E-state index contributed by atoms with van der Waals surface area (Å²) in [4.78, 5) is 40.9. The van der Waals surface area contributed by atoms with E-state index < -0.39 is 17.1 Å². The number of amidine groups is 1. The Bertz CT molecular complexity index is 772. The molecule has 2 unspecified atom stereocenters. The van der Waals surface area contributed by atoms with Gasteiger partial charge in [-0.2, -0.15) is 4.99 Å². The van der Waals surface area contributed by atoms with Gasteiger partial charge >= 0.3 is 5.97 Å². The van der Waals surface area contributed by atoms with Crippen LogP contribution in [-0.4, -0.2) is 35.3 Å². The third kappa shape index (κ3) is 3.72. The molecule has 1 aliphatic carbocycles. The minimum atomic E-state index is -0.601. The standard InChI is InChI=1S/C16H19N3O4S2/c1-7-3-4-8-9(5-7)24-14(12(8)15(22)23-2)18-11(20)6-10-13(21)19-16(17)25-10/h7,10H,3-6H2,1-2H3,(H,18,20)(H2,17,19,21). The van der Waals surface area contributed by atoms with Crippen molar-refractivity contribution in [1.29, 1.82) is 0 Å². The Morgan fingerprint density at radius 1 is 1.44 bits per heavy atom. The van der Waals surface area contributed by atoms with Gasteiger partial charge in [-0.15, -0.1) is 11.3 Å². The van der Waals surface area contributed by atoms with Crippen molar-refractivity contribution in [3.8, 4) is 0 Å². The number of methoxy groups -OCH3 is 1. The number of hydrogen-bond acceptors (Lipinski definition) is 7. The van der Waals surface area contributed by atoms with Crippen molar-refractivity contribution in [3.63, 3.8) is 0 Å². The monoisotopic (exact) mass is 381 g/mol. The summed E-state index contributed by atoms with van der Waals surface area (Å²) >= 11 is 2.50. The Hall–Kier alpha value is -1.87. The molecule has 2 atom stereocenters. The number of fused-ring (bicyclic) bond motifs is 1. The number of amides is 2. The van der Waals surface area contributed by atoms with Gasteiger partial charge in [-0.05, 0) is 30.7 Å². The van der Waals surface area contributed by atoms with E-state index in [-0.39, 0.29) is 17.5 Å². The number of nitrogens with one attached hydrogen (secondary N) is 1. The van der Waals surface area contributed by atoms with Crippen molar-refractivity contribution in [3.05, 3.63) is 16.0 Å².